The van der Waals surface area contributed by atoms with Crippen LogP contribution in [0.2, 0.25) is 10.0 Å². The third-order valence-electron chi connectivity index (χ3n) is 6.33. The lowest BCUT2D eigenvalue weighted by molar-refractivity contribution is -0.120. The predicted octanol–water partition coefficient (Wildman–Crippen LogP) is 5.04. The van der Waals surface area contributed by atoms with Gasteiger partial charge in [-0.3, -0.25) is 14.6 Å². The fourth-order valence-electron chi connectivity index (χ4n) is 4.68. The molecule has 1 atom stereocenters. The van der Waals surface area contributed by atoms with Gasteiger partial charge in [-0.15, -0.1) is 0 Å². The molecular formula is C27H18Cl2N4O2. The second-order valence-corrected chi connectivity index (χ2v) is 9.23. The minimum absolute atomic E-state index is 0.148. The fourth-order valence-corrected chi connectivity index (χ4v) is 5.14. The van der Waals surface area contributed by atoms with Crippen LogP contribution in [0.4, 0.5) is 5.69 Å². The van der Waals surface area contributed by atoms with Crippen molar-refractivity contribution < 1.29 is 9.59 Å². The van der Waals surface area contributed by atoms with E-state index in [-0.39, 0.29) is 16.5 Å². The lowest BCUT2D eigenvalue weighted by atomic mass is 9.98. The van der Waals surface area contributed by atoms with Crippen molar-refractivity contribution in [2.45, 2.75) is 12.6 Å². The Morgan fingerprint density at radius 2 is 1.86 bits per heavy atom. The molecule has 1 N–H and O–H groups in total. The van der Waals surface area contributed by atoms with Crippen molar-refractivity contribution in [1.82, 2.24) is 10.3 Å². The Labute approximate surface area is 211 Å². The van der Waals surface area contributed by atoms with Crippen LogP contribution in [0.25, 0.3) is 10.9 Å². The van der Waals surface area contributed by atoms with Crippen molar-refractivity contribution >= 4 is 57.3 Å². The van der Waals surface area contributed by atoms with Crippen LogP contribution in [0.1, 0.15) is 27.0 Å². The number of aliphatic imine (C=N–C) groups is 1. The molecule has 172 valence electrons. The summed E-state index contributed by atoms with van der Waals surface area (Å²) in [4.78, 5) is 37.8. The number of halogens is 2. The number of benzene rings is 3. The van der Waals surface area contributed by atoms with E-state index in [9.17, 15) is 9.59 Å². The molecule has 3 heterocycles. The molecule has 8 heteroatoms. The number of anilines is 1. The van der Waals surface area contributed by atoms with E-state index in [0.717, 1.165) is 28.8 Å². The van der Waals surface area contributed by atoms with Crippen molar-refractivity contribution in [3.05, 3.63) is 105 Å². The van der Waals surface area contributed by atoms with Gasteiger partial charge in [0.2, 0.25) is 6.17 Å². The molecule has 0 radical (unpaired) electrons. The van der Waals surface area contributed by atoms with Gasteiger partial charge in [0.15, 0.2) is 0 Å². The Morgan fingerprint density at radius 3 is 2.69 bits per heavy atom. The first kappa shape index (κ1) is 21.8. The molecule has 0 unspecified atom stereocenters. The van der Waals surface area contributed by atoms with Crippen LogP contribution in [0.15, 0.2) is 77.9 Å². The Kier molecular flexibility index (Phi) is 5.28. The molecule has 2 aliphatic heterocycles. The molecule has 2 amide bonds. The van der Waals surface area contributed by atoms with Crippen LogP contribution in [0.5, 0.6) is 0 Å². The summed E-state index contributed by atoms with van der Waals surface area (Å²) in [6, 6.07) is 20.7. The van der Waals surface area contributed by atoms with Crippen molar-refractivity contribution in [1.29, 1.82) is 0 Å². The molecule has 1 aromatic heterocycles. The number of pyridine rings is 1. The van der Waals surface area contributed by atoms with Gasteiger partial charge in [0.05, 0.1) is 27.5 Å². The average Bonchev–Trinajstić information content (AvgIpc) is 3.27. The molecule has 35 heavy (non-hydrogen) atoms. The standard InChI is InChI=1S/C27H18Cl2N4O2/c28-17-9-10-21-19(13-17)22(29)20(14-30-21)26(34)32-25-27(35)33-12-11-16-7-4-8-18(24(16)33)23(31-25)15-5-2-1-3-6-15/h1-10,13-14,25H,11-12H2,(H,32,34)/t25-/m0/s1. The van der Waals surface area contributed by atoms with Gasteiger partial charge in [0.1, 0.15) is 0 Å². The van der Waals surface area contributed by atoms with E-state index < -0.39 is 12.1 Å². The third kappa shape index (κ3) is 3.66. The van der Waals surface area contributed by atoms with Gasteiger partial charge in [-0.2, -0.15) is 0 Å². The molecule has 0 saturated heterocycles. The first-order valence-corrected chi connectivity index (χ1v) is 11.9. The number of aromatic nitrogens is 1. The quantitative estimate of drug-likeness (QED) is 0.428. The van der Waals surface area contributed by atoms with E-state index in [0.29, 0.717) is 28.2 Å². The largest absolute Gasteiger partial charge is 0.322 e. The maximum atomic E-state index is 13.6. The van der Waals surface area contributed by atoms with Crippen molar-refractivity contribution in [2.75, 3.05) is 11.4 Å². The highest BCUT2D eigenvalue weighted by Gasteiger charge is 2.37. The fraction of sp³-hybridized carbons (Fsp3) is 0.111. The number of nitrogens with one attached hydrogen (secondary N) is 1. The topological polar surface area (TPSA) is 74.7 Å². The molecule has 0 fully saturated rings. The van der Waals surface area contributed by atoms with Crippen LogP contribution >= 0.6 is 23.2 Å². The lowest BCUT2D eigenvalue weighted by Gasteiger charge is -2.21. The highest BCUT2D eigenvalue weighted by Crippen LogP contribution is 2.36. The first-order valence-electron chi connectivity index (χ1n) is 11.1. The van der Waals surface area contributed by atoms with Gasteiger partial charge in [0, 0.05) is 34.3 Å². The second kappa shape index (κ2) is 8.48. The molecule has 6 rings (SSSR count). The minimum Gasteiger partial charge on any atom is -0.322 e. The van der Waals surface area contributed by atoms with Crippen LogP contribution in [-0.4, -0.2) is 35.2 Å². The van der Waals surface area contributed by atoms with Gasteiger partial charge >= 0.3 is 0 Å². The number of rotatable bonds is 3. The van der Waals surface area contributed by atoms with E-state index in [4.69, 9.17) is 28.2 Å². The third-order valence-corrected chi connectivity index (χ3v) is 6.97. The number of nitrogens with zero attached hydrogens (tertiary/aromatic N) is 3. The SMILES string of the molecule is O=C(N[C@@H]1N=C(c2ccccc2)c2cccc3c2N(CC3)C1=O)c1cnc2ccc(Cl)cc2c1Cl. The number of para-hydroxylation sites is 1. The van der Waals surface area contributed by atoms with Gasteiger partial charge < -0.3 is 10.2 Å². The van der Waals surface area contributed by atoms with Gasteiger partial charge in [-0.05, 0) is 30.2 Å². The van der Waals surface area contributed by atoms with Crippen LogP contribution in [0.3, 0.4) is 0 Å². The number of hydrogen-bond donors (Lipinski definition) is 1. The van der Waals surface area contributed by atoms with Gasteiger partial charge in [0.25, 0.3) is 11.8 Å². The Hall–Kier alpha value is -3.74. The summed E-state index contributed by atoms with van der Waals surface area (Å²) in [5.41, 5.74) is 5.10. The van der Waals surface area contributed by atoms with E-state index >= 15 is 0 Å². The molecular weight excluding hydrogens is 483 g/mol. The summed E-state index contributed by atoms with van der Waals surface area (Å²) in [5, 5.41) is 4.05. The minimum atomic E-state index is -1.12. The number of fused-ring (bicyclic) bond motifs is 1. The number of carbonyl (C=O) groups is 2. The highest BCUT2D eigenvalue weighted by molar-refractivity contribution is 6.39. The summed E-state index contributed by atoms with van der Waals surface area (Å²) < 4.78 is 0. The maximum absolute atomic E-state index is 13.6. The Balaban J connectivity index is 1.43. The Bertz CT molecular complexity index is 1550. The summed E-state index contributed by atoms with van der Waals surface area (Å²) in [5.74, 6) is -0.826. The lowest BCUT2D eigenvalue weighted by Crippen LogP contribution is -2.47. The average molecular weight is 501 g/mol. The van der Waals surface area contributed by atoms with Gasteiger partial charge in [-0.25, -0.2) is 4.99 Å². The predicted molar refractivity (Wildman–Crippen MR) is 138 cm³/mol. The van der Waals surface area contributed by atoms with Crippen molar-refractivity contribution in [3.8, 4) is 0 Å². The van der Waals surface area contributed by atoms with Crippen LogP contribution < -0.4 is 10.2 Å². The monoisotopic (exact) mass is 500 g/mol. The molecule has 0 spiro atoms. The molecule has 2 aliphatic rings. The summed E-state index contributed by atoms with van der Waals surface area (Å²) in [6.07, 6.45) is 1.03. The van der Waals surface area contributed by atoms with Crippen molar-refractivity contribution in [3.63, 3.8) is 0 Å². The Morgan fingerprint density at radius 1 is 1.03 bits per heavy atom. The van der Waals surface area contributed by atoms with Crippen molar-refractivity contribution in [2.24, 2.45) is 4.99 Å². The molecule has 0 bridgehead atoms. The molecule has 0 aliphatic carbocycles. The first-order chi connectivity index (χ1) is 17.0. The van der Waals surface area contributed by atoms with E-state index in [1.807, 2.05) is 48.5 Å². The molecule has 0 saturated carbocycles. The number of carbonyl (C=O) groups excluding carboxylic acids is 2. The zero-order valence-corrected chi connectivity index (χ0v) is 19.8. The zero-order chi connectivity index (χ0) is 24.1. The summed E-state index contributed by atoms with van der Waals surface area (Å²) in [6.45, 7) is 0.534. The summed E-state index contributed by atoms with van der Waals surface area (Å²) >= 11 is 12.7. The van der Waals surface area contributed by atoms with Crippen LogP contribution in [-0.2, 0) is 11.2 Å². The smallest absolute Gasteiger partial charge is 0.272 e. The number of hydrogen-bond acceptors (Lipinski definition) is 4. The zero-order valence-electron chi connectivity index (χ0n) is 18.3. The normalized spacial score (nSPS) is 16.6. The highest BCUT2D eigenvalue weighted by atomic mass is 35.5. The van der Waals surface area contributed by atoms with Crippen LogP contribution in [0, 0.1) is 0 Å². The maximum Gasteiger partial charge on any atom is 0.272 e. The molecule has 3 aromatic carbocycles. The van der Waals surface area contributed by atoms with Gasteiger partial charge in [-0.1, -0.05) is 71.7 Å². The molecule has 6 nitrogen and oxygen atoms in total. The summed E-state index contributed by atoms with van der Waals surface area (Å²) in [7, 11) is 0. The second-order valence-electron chi connectivity index (χ2n) is 8.42. The molecule has 4 aromatic rings. The van der Waals surface area contributed by atoms with E-state index in [1.165, 1.54) is 6.20 Å². The van der Waals surface area contributed by atoms with E-state index in [2.05, 4.69) is 10.3 Å². The van der Waals surface area contributed by atoms with E-state index in [1.54, 1.807) is 23.1 Å². The number of amides is 2.